The van der Waals surface area contributed by atoms with E-state index in [1.807, 2.05) is 0 Å². The Kier molecular flexibility index (Phi) is 8.05. The molecule has 0 aliphatic carbocycles. The topological polar surface area (TPSA) is 35.5 Å². The molecule has 2 aromatic rings. The van der Waals surface area contributed by atoms with Crippen LogP contribution in [0.3, 0.4) is 0 Å². The van der Waals surface area contributed by atoms with Crippen LogP contribution in [0.15, 0.2) is 42.5 Å². The van der Waals surface area contributed by atoms with Crippen LogP contribution in [0.25, 0.3) is 0 Å². The van der Waals surface area contributed by atoms with Crippen LogP contribution in [-0.4, -0.2) is 12.3 Å². The lowest BCUT2D eigenvalue weighted by Gasteiger charge is -2.11. The molecule has 7 heteroatoms. The minimum absolute atomic E-state index is 0.0158. The molecule has 0 amide bonds. The van der Waals surface area contributed by atoms with Gasteiger partial charge in [-0.1, -0.05) is 39.2 Å². The first-order valence-electron chi connectivity index (χ1n) is 9.54. The summed E-state index contributed by atoms with van der Waals surface area (Å²) in [5, 5.41) is 0. The number of hydrogen-bond donors (Lipinski definition) is 0. The van der Waals surface area contributed by atoms with Crippen molar-refractivity contribution in [1.82, 2.24) is 0 Å². The minimum Gasteiger partial charge on any atom is -0.423 e. The van der Waals surface area contributed by atoms with Gasteiger partial charge in [0, 0.05) is 0 Å². The molecular formula is C22H24F4O3. The number of esters is 1. The maximum absolute atomic E-state index is 14.3. The van der Waals surface area contributed by atoms with Gasteiger partial charge in [-0.25, -0.2) is 9.18 Å². The van der Waals surface area contributed by atoms with Crippen molar-refractivity contribution in [1.29, 1.82) is 0 Å². The molecule has 0 aliphatic rings. The Bertz CT molecular complexity index is 801. The van der Waals surface area contributed by atoms with Gasteiger partial charge in [0.25, 0.3) is 0 Å². The Hall–Kier alpha value is -2.57. The Labute approximate surface area is 167 Å². The molecule has 2 rings (SSSR count). The fourth-order valence-corrected chi connectivity index (χ4v) is 3.04. The molecule has 0 fully saturated rings. The zero-order valence-corrected chi connectivity index (χ0v) is 16.4. The molecule has 1 atom stereocenters. The van der Waals surface area contributed by atoms with E-state index in [4.69, 9.17) is 4.74 Å². The highest BCUT2D eigenvalue weighted by atomic mass is 19.4. The third-order valence-electron chi connectivity index (χ3n) is 4.47. The molecule has 0 aliphatic heterocycles. The summed E-state index contributed by atoms with van der Waals surface area (Å²) in [6.07, 6.45) is 0.231. The van der Waals surface area contributed by atoms with E-state index >= 15 is 0 Å². The van der Waals surface area contributed by atoms with Gasteiger partial charge in [-0.3, -0.25) is 0 Å². The van der Waals surface area contributed by atoms with Gasteiger partial charge in [-0.15, -0.1) is 13.2 Å². The number of benzene rings is 2. The van der Waals surface area contributed by atoms with Crippen LogP contribution in [0.5, 0.6) is 11.5 Å². The van der Waals surface area contributed by atoms with Gasteiger partial charge in [0.2, 0.25) is 0 Å². The summed E-state index contributed by atoms with van der Waals surface area (Å²) in [6, 6.07) is 8.67. The quantitative estimate of drug-likeness (QED) is 0.261. The third kappa shape index (κ3) is 7.75. The van der Waals surface area contributed by atoms with Gasteiger partial charge in [0.1, 0.15) is 17.3 Å². The molecule has 2 aromatic carbocycles. The monoisotopic (exact) mass is 412 g/mol. The van der Waals surface area contributed by atoms with Crippen molar-refractivity contribution < 1.29 is 31.8 Å². The summed E-state index contributed by atoms with van der Waals surface area (Å²) in [4.78, 5) is 12.2. The van der Waals surface area contributed by atoms with E-state index in [1.165, 1.54) is 18.6 Å². The van der Waals surface area contributed by atoms with Gasteiger partial charge in [-0.2, -0.15) is 0 Å². The number of halogens is 4. The molecule has 0 N–H and O–H groups in total. The number of alkyl halides is 3. The Morgan fingerprint density at radius 2 is 1.69 bits per heavy atom. The van der Waals surface area contributed by atoms with Crippen molar-refractivity contribution >= 4 is 5.97 Å². The van der Waals surface area contributed by atoms with E-state index in [0.717, 1.165) is 55.5 Å². The second-order valence-electron chi connectivity index (χ2n) is 7.01. The van der Waals surface area contributed by atoms with E-state index in [1.54, 1.807) is 6.07 Å². The second kappa shape index (κ2) is 10.3. The van der Waals surface area contributed by atoms with Crippen LogP contribution in [0.4, 0.5) is 17.6 Å². The average molecular weight is 412 g/mol. The number of rotatable bonds is 9. The van der Waals surface area contributed by atoms with Crippen LogP contribution >= 0.6 is 0 Å². The molecule has 0 saturated carbocycles. The first kappa shape index (κ1) is 22.7. The van der Waals surface area contributed by atoms with Crippen LogP contribution in [0.2, 0.25) is 0 Å². The molecule has 0 bridgehead atoms. The molecule has 0 spiro atoms. The number of ether oxygens (including phenoxy) is 2. The molecule has 29 heavy (non-hydrogen) atoms. The van der Waals surface area contributed by atoms with Crippen LogP contribution < -0.4 is 9.47 Å². The van der Waals surface area contributed by atoms with E-state index < -0.39 is 23.9 Å². The highest BCUT2D eigenvalue weighted by molar-refractivity contribution is 5.91. The Balaban J connectivity index is 1.93. The summed E-state index contributed by atoms with van der Waals surface area (Å²) in [5.41, 5.74) is 0.570. The largest absolute Gasteiger partial charge is 0.573 e. The second-order valence-corrected chi connectivity index (χ2v) is 7.01. The number of aryl methyl sites for hydroxylation is 1. The van der Waals surface area contributed by atoms with Crippen molar-refractivity contribution in [3.63, 3.8) is 0 Å². The van der Waals surface area contributed by atoms with Gasteiger partial charge >= 0.3 is 12.3 Å². The van der Waals surface area contributed by atoms with E-state index in [-0.39, 0.29) is 11.3 Å². The fourth-order valence-electron chi connectivity index (χ4n) is 3.04. The lowest BCUT2D eigenvalue weighted by Crippen LogP contribution is -2.17. The lowest BCUT2D eigenvalue weighted by atomic mass is 9.97. The maximum Gasteiger partial charge on any atom is 0.573 e. The van der Waals surface area contributed by atoms with Crippen LogP contribution in [-0.2, 0) is 6.42 Å². The molecule has 0 heterocycles. The van der Waals surface area contributed by atoms with E-state index in [9.17, 15) is 22.4 Å². The van der Waals surface area contributed by atoms with E-state index in [0.29, 0.717) is 5.92 Å². The molecular weight excluding hydrogens is 388 g/mol. The van der Waals surface area contributed by atoms with Crippen molar-refractivity contribution in [3.8, 4) is 11.5 Å². The first-order chi connectivity index (χ1) is 13.7. The molecule has 0 aromatic heterocycles. The Morgan fingerprint density at radius 1 is 1.03 bits per heavy atom. The maximum atomic E-state index is 14.3. The van der Waals surface area contributed by atoms with Crippen molar-refractivity contribution in [2.75, 3.05) is 0 Å². The van der Waals surface area contributed by atoms with Crippen LogP contribution in [0, 0.1) is 11.7 Å². The molecule has 0 radical (unpaired) electrons. The molecule has 0 saturated heterocycles. The summed E-state index contributed by atoms with van der Waals surface area (Å²) in [7, 11) is 0. The summed E-state index contributed by atoms with van der Waals surface area (Å²) in [5.74, 6) is -1.44. The zero-order valence-electron chi connectivity index (χ0n) is 16.4. The smallest absolute Gasteiger partial charge is 0.423 e. The van der Waals surface area contributed by atoms with Crippen LogP contribution in [0.1, 0.15) is 55.5 Å². The Morgan fingerprint density at radius 3 is 2.28 bits per heavy atom. The zero-order chi connectivity index (χ0) is 21.4. The predicted molar refractivity (Wildman–Crippen MR) is 101 cm³/mol. The molecule has 3 nitrogen and oxygen atoms in total. The summed E-state index contributed by atoms with van der Waals surface area (Å²) in [6.45, 7) is 4.35. The van der Waals surface area contributed by atoms with Gasteiger partial charge < -0.3 is 9.47 Å². The number of carbonyl (C=O) groups excluding carboxylic acids is 1. The first-order valence-corrected chi connectivity index (χ1v) is 9.54. The van der Waals surface area contributed by atoms with Crippen molar-refractivity contribution in [2.45, 2.75) is 52.3 Å². The normalized spacial score (nSPS) is 12.5. The lowest BCUT2D eigenvalue weighted by molar-refractivity contribution is -0.274. The number of hydrogen-bond acceptors (Lipinski definition) is 3. The van der Waals surface area contributed by atoms with Gasteiger partial charge in [0.05, 0.1) is 5.56 Å². The fraction of sp³-hybridized carbons (Fsp3) is 0.409. The minimum atomic E-state index is -4.81. The van der Waals surface area contributed by atoms with Gasteiger partial charge in [0.15, 0.2) is 0 Å². The predicted octanol–water partition coefficient (Wildman–Crippen LogP) is 6.70. The standard InChI is InChI=1S/C22H24F4O3/c1-3-5-15(2)6-4-7-16-8-13-19(20(23)14-16)21(27)28-17-9-11-18(12-10-17)29-22(24,25)26/h8-15H,3-7H2,1-2H3. The highest BCUT2D eigenvalue weighted by Gasteiger charge is 2.31. The molecule has 158 valence electrons. The summed E-state index contributed by atoms with van der Waals surface area (Å²) < 4.78 is 59.5. The van der Waals surface area contributed by atoms with Gasteiger partial charge in [-0.05, 0) is 60.7 Å². The highest BCUT2D eigenvalue weighted by Crippen LogP contribution is 2.25. The van der Waals surface area contributed by atoms with E-state index in [2.05, 4.69) is 18.6 Å². The average Bonchev–Trinajstić information content (AvgIpc) is 2.62. The molecule has 1 unspecified atom stereocenters. The van der Waals surface area contributed by atoms with Crippen molar-refractivity contribution in [3.05, 3.63) is 59.4 Å². The SMILES string of the molecule is CCCC(C)CCCc1ccc(C(=O)Oc2ccc(OC(F)(F)F)cc2)c(F)c1. The summed E-state index contributed by atoms with van der Waals surface area (Å²) >= 11 is 0. The number of carbonyl (C=O) groups is 1. The van der Waals surface area contributed by atoms with Crippen molar-refractivity contribution in [2.24, 2.45) is 5.92 Å². The third-order valence-corrected chi connectivity index (χ3v) is 4.47.